The minimum atomic E-state index is -0.543. The van der Waals surface area contributed by atoms with Crippen molar-refractivity contribution in [2.75, 3.05) is 29.5 Å². The van der Waals surface area contributed by atoms with Gasteiger partial charge in [0.15, 0.2) is 0 Å². The number of para-hydroxylation sites is 2. The molecule has 7 nitrogen and oxygen atoms in total. The number of hydrogen-bond donors (Lipinski definition) is 4. The van der Waals surface area contributed by atoms with Crippen molar-refractivity contribution < 1.29 is 14.7 Å². The molecule has 8 heteroatoms. The van der Waals surface area contributed by atoms with Gasteiger partial charge >= 0.3 is 0 Å². The van der Waals surface area contributed by atoms with Crippen LogP contribution in [-0.4, -0.2) is 41.0 Å². The topological polar surface area (TPSA) is 108 Å². The van der Waals surface area contributed by atoms with E-state index in [-0.39, 0.29) is 11.8 Å². The fourth-order valence-corrected chi connectivity index (χ4v) is 4.29. The van der Waals surface area contributed by atoms with Gasteiger partial charge < -0.3 is 21.5 Å². The van der Waals surface area contributed by atoms with E-state index in [1.807, 2.05) is 53.4 Å². The number of hydrogen-bond acceptors (Lipinski definition) is 5. The van der Waals surface area contributed by atoms with Gasteiger partial charge in [-0.15, -0.1) is 0 Å². The van der Waals surface area contributed by atoms with Crippen LogP contribution in [0.25, 0.3) is 6.08 Å². The number of anilines is 3. The van der Waals surface area contributed by atoms with Crippen LogP contribution in [0, 0.1) is 0 Å². The maximum atomic E-state index is 13.3. The van der Waals surface area contributed by atoms with E-state index in [4.69, 9.17) is 5.73 Å². The molecule has 1 aliphatic rings. The molecule has 1 saturated heterocycles. The van der Waals surface area contributed by atoms with E-state index in [0.717, 1.165) is 15.6 Å². The highest BCUT2D eigenvalue weighted by Crippen LogP contribution is 2.28. The minimum Gasteiger partial charge on any atom is -0.397 e. The molecule has 2 amide bonds. The Kier molecular flexibility index (Phi) is 7.97. The van der Waals surface area contributed by atoms with Crippen LogP contribution in [0.2, 0.25) is 0 Å². The average molecular weight is 535 g/mol. The Morgan fingerprint density at radius 1 is 1.03 bits per heavy atom. The zero-order valence-corrected chi connectivity index (χ0v) is 20.6. The second kappa shape index (κ2) is 11.3. The summed E-state index contributed by atoms with van der Waals surface area (Å²) in [6.07, 6.45) is 3.33. The molecule has 0 aromatic heterocycles. The third-order valence-electron chi connectivity index (χ3n) is 5.82. The van der Waals surface area contributed by atoms with E-state index in [1.54, 1.807) is 30.3 Å². The molecule has 1 unspecified atom stereocenters. The van der Waals surface area contributed by atoms with Gasteiger partial charge in [0, 0.05) is 29.3 Å². The summed E-state index contributed by atoms with van der Waals surface area (Å²) in [7, 11) is 0. The van der Waals surface area contributed by atoms with Gasteiger partial charge in [-0.2, -0.15) is 0 Å². The van der Waals surface area contributed by atoms with E-state index in [1.165, 1.54) is 6.08 Å². The number of likely N-dealkylation sites (tertiary alicyclic amines) is 1. The molecular formula is C27H27BrN4O3. The van der Waals surface area contributed by atoms with Crippen molar-refractivity contribution >= 4 is 50.9 Å². The van der Waals surface area contributed by atoms with E-state index in [9.17, 15) is 14.7 Å². The summed E-state index contributed by atoms with van der Waals surface area (Å²) in [6, 6.07) is 21.4. The van der Waals surface area contributed by atoms with Crippen molar-refractivity contribution in [3.63, 3.8) is 0 Å². The summed E-state index contributed by atoms with van der Waals surface area (Å²) in [5.41, 5.74) is 9.26. The van der Waals surface area contributed by atoms with Crippen molar-refractivity contribution in [1.82, 2.24) is 4.90 Å². The summed E-state index contributed by atoms with van der Waals surface area (Å²) < 4.78 is 0.930. The Labute approximate surface area is 212 Å². The van der Waals surface area contributed by atoms with E-state index >= 15 is 0 Å². The SMILES string of the molecule is Nc1ccccc1NC(=O)C=Cc1ccc(C(C(=O)Nc2ccc(Br)cc2)N2CC[C@@H](O)C2)cc1. The Morgan fingerprint density at radius 2 is 1.74 bits per heavy atom. The minimum absolute atomic E-state index is 0.162. The van der Waals surface area contributed by atoms with Gasteiger partial charge in [-0.3, -0.25) is 14.5 Å². The molecule has 1 fully saturated rings. The number of nitrogens with two attached hydrogens (primary N) is 1. The van der Waals surface area contributed by atoms with Crippen LogP contribution in [0.3, 0.4) is 0 Å². The highest BCUT2D eigenvalue weighted by molar-refractivity contribution is 9.10. The lowest BCUT2D eigenvalue weighted by Crippen LogP contribution is -2.36. The standard InChI is InChI=1S/C27H27BrN4O3/c28-20-10-12-21(13-11-20)30-27(35)26(32-16-15-22(33)17-32)19-8-5-18(6-9-19)7-14-25(34)31-24-4-2-1-3-23(24)29/h1-14,22,26,33H,15-17,29H2,(H,30,35)(H,31,34)/t22-,26?/m1/s1. The number of carbonyl (C=O) groups excluding carboxylic acids is 2. The van der Waals surface area contributed by atoms with Crippen LogP contribution >= 0.6 is 15.9 Å². The summed E-state index contributed by atoms with van der Waals surface area (Å²) in [6.45, 7) is 1.06. The number of β-amino-alcohol motifs (C(OH)–C–C–N with tert-alkyl or cyclic N) is 1. The maximum absolute atomic E-state index is 13.3. The fourth-order valence-electron chi connectivity index (χ4n) is 4.02. The van der Waals surface area contributed by atoms with Gasteiger partial charge in [0.2, 0.25) is 11.8 Å². The first-order valence-corrected chi connectivity index (χ1v) is 12.1. The number of rotatable bonds is 7. The van der Waals surface area contributed by atoms with Gasteiger partial charge in [0.05, 0.1) is 17.5 Å². The normalized spacial score (nSPS) is 16.8. The molecule has 3 aromatic rings. The molecule has 180 valence electrons. The molecule has 35 heavy (non-hydrogen) atoms. The molecule has 1 heterocycles. The zero-order valence-electron chi connectivity index (χ0n) is 19.0. The Morgan fingerprint density at radius 3 is 2.40 bits per heavy atom. The molecule has 3 aromatic carbocycles. The van der Waals surface area contributed by atoms with Crippen molar-refractivity contribution in [2.45, 2.75) is 18.6 Å². The third kappa shape index (κ3) is 6.57. The van der Waals surface area contributed by atoms with Crippen LogP contribution in [0.15, 0.2) is 83.3 Å². The smallest absolute Gasteiger partial charge is 0.248 e. The second-order valence-electron chi connectivity index (χ2n) is 8.41. The molecule has 2 atom stereocenters. The molecule has 0 saturated carbocycles. The van der Waals surface area contributed by atoms with Crippen molar-refractivity contribution in [3.8, 4) is 0 Å². The van der Waals surface area contributed by atoms with E-state index in [2.05, 4.69) is 26.6 Å². The van der Waals surface area contributed by atoms with Gasteiger partial charge in [0.25, 0.3) is 0 Å². The predicted octanol–water partition coefficient (Wildman–Crippen LogP) is 4.43. The maximum Gasteiger partial charge on any atom is 0.248 e. The summed E-state index contributed by atoms with van der Waals surface area (Å²) in [5.74, 6) is -0.450. The van der Waals surface area contributed by atoms with Crippen LogP contribution in [0.5, 0.6) is 0 Å². The molecule has 5 N–H and O–H groups in total. The Bertz CT molecular complexity index is 1210. The first-order chi connectivity index (χ1) is 16.9. The molecule has 0 aliphatic carbocycles. The van der Waals surface area contributed by atoms with Crippen LogP contribution in [0.1, 0.15) is 23.6 Å². The van der Waals surface area contributed by atoms with Crippen LogP contribution < -0.4 is 16.4 Å². The van der Waals surface area contributed by atoms with E-state index in [0.29, 0.717) is 36.6 Å². The number of nitrogens with one attached hydrogen (secondary N) is 2. The Balaban J connectivity index is 1.47. The Hall–Kier alpha value is -3.46. The van der Waals surface area contributed by atoms with Crippen molar-refractivity contribution in [2.24, 2.45) is 0 Å². The third-order valence-corrected chi connectivity index (χ3v) is 6.35. The number of amides is 2. The lowest BCUT2D eigenvalue weighted by atomic mass is 10.0. The summed E-state index contributed by atoms with van der Waals surface area (Å²) in [5, 5.41) is 15.8. The molecule has 0 radical (unpaired) electrons. The number of aliphatic hydroxyl groups is 1. The zero-order chi connectivity index (χ0) is 24.8. The van der Waals surface area contributed by atoms with Crippen molar-refractivity contribution in [3.05, 3.63) is 94.5 Å². The quantitative estimate of drug-likeness (QED) is 0.265. The van der Waals surface area contributed by atoms with Crippen LogP contribution in [0.4, 0.5) is 17.1 Å². The molecule has 1 aliphatic heterocycles. The summed E-state index contributed by atoms with van der Waals surface area (Å²) >= 11 is 3.40. The first-order valence-electron chi connectivity index (χ1n) is 11.3. The van der Waals surface area contributed by atoms with Crippen LogP contribution in [-0.2, 0) is 9.59 Å². The number of nitrogens with zero attached hydrogens (tertiary/aromatic N) is 1. The number of carbonyl (C=O) groups is 2. The summed E-state index contributed by atoms with van der Waals surface area (Å²) in [4.78, 5) is 27.5. The average Bonchev–Trinajstić information content (AvgIpc) is 3.27. The first kappa shape index (κ1) is 24.7. The molecular weight excluding hydrogens is 508 g/mol. The van der Waals surface area contributed by atoms with Gasteiger partial charge in [0.1, 0.15) is 6.04 Å². The second-order valence-corrected chi connectivity index (χ2v) is 9.33. The van der Waals surface area contributed by atoms with Gasteiger partial charge in [-0.05, 0) is 60.0 Å². The lowest BCUT2D eigenvalue weighted by molar-refractivity contribution is -0.121. The highest BCUT2D eigenvalue weighted by Gasteiger charge is 2.33. The van der Waals surface area contributed by atoms with Gasteiger partial charge in [-0.1, -0.05) is 52.3 Å². The molecule has 0 spiro atoms. The number of nitrogen functional groups attached to an aromatic ring is 1. The van der Waals surface area contributed by atoms with Crippen molar-refractivity contribution in [1.29, 1.82) is 0 Å². The fraction of sp³-hybridized carbons (Fsp3) is 0.185. The monoisotopic (exact) mass is 534 g/mol. The number of halogens is 1. The van der Waals surface area contributed by atoms with Gasteiger partial charge in [-0.25, -0.2) is 0 Å². The number of benzene rings is 3. The van der Waals surface area contributed by atoms with E-state index < -0.39 is 12.1 Å². The molecule has 0 bridgehead atoms. The number of aliphatic hydroxyl groups excluding tert-OH is 1. The largest absolute Gasteiger partial charge is 0.397 e. The highest BCUT2D eigenvalue weighted by atomic mass is 79.9. The molecule has 4 rings (SSSR count). The lowest BCUT2D eigenvalue weighted by Gasteiger charge is -2.27. The predicted molar refractivity (Wildman–Crippen MR) is 143 cm³/mol.